The Labute approximate surface area is 200 Å². The number of rotatable bonds is 5. The van der Waals surface area contributed by atoms with Gasteiger partial charge >= 0.3 is 0 Å². The number of anilines is 3. The molecule has 0 fully saturated rings. The summed E-state index contributed by atoms with van der Waals surface area (Å²) in [6, 6.07) is 21.4. The van der Waals surface area contributed by atoms with Crippen molar-refractivity contribution in [2.45, 2.75) is 6.92 Å². The van der Waals surface area contributed by atoms with Crippen LogP contribution in [0.4, 0.5) is 17.2 Å². The largest absolute Gasteiger partial charge is 0.383 e. The Balaban J connectivity index is 1.44. The van der Waals surface area contributed by atoms with E-state index in [1.165, 1.54) is 6.92 Å². The van der Waals surface area contributed by atoms with Gasteiger partial charge in [-0.3, -0.25) is 14.2 Å². The third-order valence-electron chi connectivity index (χ3n) is 5.35. The standard InChI is InChI=1S/C26H21N7O2/c1-16(34)30-18-8-10-19(11-9-18)31-26(35)17-6-12-20(13-7-17)33-24(21-4-2-14-28-23(21)27)32-22-5-3-15-29-25(22)33/h2-15H,1H3,(H2,27,28)(H,30,34)(H,31,35). The van der Waals surface area contributed by atoms with Gasteiger partial charge in [-0.15, -0.1) is 0 Å². The topological polar surface area (TPSA) is 128 Å². The Bertz CT molecular complexity index is 1540. The molecular formula is C26H21N7O2. The molecule has 0 aliphatic rings. The second-order valence-corrected chi connectivity index (χ2v) is 7.81. The molecule has 0 bridgehead atoms. The molecule has 5 aromatic rings. The molecule has 0 atom stereocenters. The number of nitrogens with one attached hydrogen (secondary N) is 2. The van der Waals surface area contributed by atoms with Gasteiger partial charge in [-0.2, -0.15) is 0 Å². The number of nitrogen functional groups attached to an aromatic ring is 1. The first kappa shape index (κ1) is 21.8. The smallest absolute Gasteiger partial charge is 0.255 e. The van der Waals surface area contributed by atoms with E-state index in [0.717, 1.165) is 11.2 Å². The summed E-state index contributed by atoms with van der Waals surface area (Å²) in [5, 5.41) is 5.55. The number of aromatic nitrogens is 4. The van der Waals surface area contributed by atoms with Crippen LogP contribution in [-0.4, -0.2) is 31.3 Å². The van der Waals surface area contributed by atoms with Crippen molar-refractivity contribution in [1.29, 1.82) is 0 Å². The lowest BCUT2D eigenvalue weighted by molar-refractivity contribution is -0.114. The second-order valence-electron chi connectivity index (χ2n) is 7.81. The summed E-state index contributed by atoms with van der Waals surface area (Å²) >= 11 is 0. The van der Waals surface area contributed by atoms with E-state index in [2.05, 4.69) is 20.6 Å². The average molecular weight is 464 g/mol. The van der Waals surface area contributed by atoms with Crippen LogP contribution in [0.5, 0.6) is 0 Å². The van der Waals surface area contributed by atoms with E-state index in [-0.39, 0.29) is 11.8 Å². The van der Waals surface area contributed by atoms with E-state index in [0.29, 0.717) is 39.8 Å². The van der Waals surface area contributed by atoms with E-state index in [1.807, 2.05) is 34.9 Å². The zero-order chi connectivity index (χ0) is 24.4. The molecule has 172 valence electrons. The second kappa shape index (κ2) is 9.06. The molecule has 0 aliphatic carbocycles. The van der Waals surface area contributed by atoms with Crippen molar-refractivity contribution in [3.8, 4) is 17.1 Å². The molecule has 0 saturated carbocycles. The van der Waals surface area contributed by atoms with Gasteiger partial charge in [0, 0.05) is 41.9 Å². The Morgan fingerprint density at radius 1 is 0.829 bits per heavy atom. The number of hydrogen-bond donors (Lipinski definition) is 3. The first-order valence-electron chi connectivity index (χ1n) is 10.8. The van der Waals surface area contributed by atoms with Gasteiger partial charge in [0.1, 0.15) is 11.3 Å². The number of amides is 2. The van der Waals surface area contributed by atoms with E-state index in [1.54, 1.807) is 54.9 Å². The monoisotopic (exact) mass is 463 g/mol. The van der Waals surface area contributed by atoms with E-state index >= 15 is 0 Å². The number of imidazole rings is 1. The summed E-state index contributed by atoms with van der Waals surface area (Å²) in [6.07, 6.45) is 3.33. The maximum absolute atomic E-state index is 12.8. The van der Waals surface area contributed by atoms with Crippen molar-refractivity contribution in [3.05, 3.63) is 90.8 Å². The number of carbonyl (C=O) groups is 2. The Hall–Kier alpha value is -5.05. The van der Waals surface area contributed by atoms with Crippen LogP contribution in [-0.2, 0) is 4.79 Å². The molecule has 4 N–H and O–H groups in total. The fourth-order valence-corrected chi connectivity index (χ4v) is 3.75. The van der Waals surface area contributed by atoms with Crippen molar-refractivity contribution >= 4 is 40.2 Å². The molecule has 2 aromatic carbocycles. The Kier molecular flexibility index (Phi) is 5.64. The molecule has 35 heavy (non-hydrogen) atoms. The van der Waals surface area contributed by atoms with E-state index < -0.39 is 0 Å². The van der Waals surface area contributed by atoms with Gasteiger partial charge in [-0.25, -0.2) is 15.0 Å². The summed E-state index contributed by atoms with van der Waals surface area (Å²) < 4.78 is 1.89. The van der Waals surface area contributed by atoms with Crippen molar-refractivity contribution in [2.75, 3.05) is 16.4 Å². The molecular weight excluding hydrogens is 442 g/mol. The SMILES string of the molecule is CC(=O)Nc1ccc(NC(=O)c2ccc(-n3c(-c4cccnc4N)nc4cccnc43)cc2)cc1. The van der Waals surface area contributed by atoms with Gasteiger partial charge in [0.2, 0.25) is 5.91 Å². The van der Waals surface area contributed by atoms with Gasteiger partial charge in [0.15, 0.2) is 11.5 Å². The van der Waals surface area contributed by atoms with E-state index in [4.69, 9.17) is 10.7 Å². The highest BCUT2D eigenvalue weighted by Crippen LogP contribution is 2.30. The third kappa shape index (κ3) is 4.42. The quantitative estimate of drug-likeness (QED) is 0.357. The summed E-state index contributed by atoms with van der Waals surface area (Å²) in [7, 11) is 0. The lowest BCUT2D eigenvalue weighted by atomic mass is 10.1. The van der Waals surface area contributed by atoms with Crippen LogP contribution < -0.4 is 16.4 Å². The number of nitrogens with zero attached hydrogens (tertiary/aromatic N) is 4. The van der Waals surface area contributed by atoms with Gasteiger partial charge in [0.05, 0.1) is 5.56 Å². The highest BCUT2D eigenvalue weighted by Gasteiger charge is 2.18. The Morgan fingerprint density at radius 3 is 2.17 bits per heavy atom. The average Bonchev–Trinajstić information content (AvgIpc) is 3.24. The highest BCUT2D eigenvalue weighted by atomic mass is 16.2. The lowest BCUT2D eigenvalue weighted by Crippen LogP contribution is -2.12. The predicted octanol–water partition coefficient (Wildman–Crippen LogP) is 4.28. The van der Waals surface area contributed by atoms with Crippen LogP contribution in [0.1, 0.15) is 17.3 Å². The molecule has 0 spiro atoms. The van der Waals surface area contributed by atoms with Crippen LogP contribution in [0.15, 0.2) is 85.2 Å². The summed E-state index contributed by atoms with van der Waals surface area (Å²) in [6.45, 7) is 1.44. The number of fused-ring (bicyclic) bond motifs is 1. The van der Waals surface area contributed by atoms with Crippen LogP contribution in [0, 0.1) is 0 Å². The van der Waals surface area contributed by atoms with Crippen molar-refractivity contribution in [1.82, 2.24) is 19.5 Å². The zero-order valence-corrected chi connectivity index (χ0v) is 18.8. The highest BCUT2D eigenvalue weighted by molar-refractivity contribution is 6.04. The van der Waals surface area contributed by atoms with Crippen LogP contribution in [0.2, 0.25) is 0 Å². The van der Waals surface area contributed by atoms with Crippen molar-refractivity contribution in [3.63, 3.8) is 0 Å². The number of carbonyl (C=O) groups excluding carboxylic acids is 2. The Morgan fingerprint density at radius 2 is 1.49 bits per heavy atom. The number of hydrogen-bond acceptors (Lipinski definition) is 6. The molecule has 2 amide bonds. The maximum atomic E-state index is 12.8. The molecule has 3 aromatic heterocycles. The fraction of sp³-hybridized carbons (Fsp3) is 0.0385. The first-order chi connectivity index (χ1) is 17.0. The summed E-state index contributed by atoms with van der Waals surface area (Å²) in [5.74, 6) is 0.566. The zero-order valence-electron chi connectivity index (χ0n) is 18.8. The van der Waals surface area contributed by atoms with E-state index in [9.17, 15) is 9.59 Å². The van der Waals surface area contributed by atoms with Crippen molar-refractivity contribution < 1.29 is 9.59 Å². The van der Waals surface area contributed by atoms with Gasteiger partial charge in [0.25, 0.3) is 5.91 Å². The van der Waals surface area contributed by atoms with Gasteiger partial charge in [-0.05, 0) is 72.8 Å². The summed E-state index contributed by atoms with van der Waals surface area (Å²) in [4.78, 5) is 37.4. The summed E-state index contributed by atoms with van der Waals surface area (Å²) in [5.41, 5.74) is 10.7. The fourth-order valence-electron chi connectivity index (χ4n) is 3.75. The van der Waals surface area contributed by atoms with Gasteiger partial charge < -0.3 is 16.4 Å². The minimum absolute atomic E-state index is 0.155. The minimum Gasteiger partial charge on any atom is -0.383 e. The van der Waals surface area contributed by atoms with Gasteiger partial charge in [-0.1, -0.05) is 0 Å². The predicted molar refractivity (Wildman–Crippen MR) is 135 cm³/mol. The van der Waals surface area contributed by atoms with Crippen LogP contribution in [0.3, 0.4) is 0 Å². The lowest BCUT2D eigenvalue weighted by Gasteiger charge is -2.11. The minimum atomic E-state index is -0.255. The first-order valence-corrected chi connectivity index (χ1v) is 10.8. The number of benzene rings is 2. The molecule has 0 aliphatic heterocycles. The molecule has 9 heteroatoms. The van der Waals surface area contributed by atoms with Crippen LogP contribution >= 0.6 is 0 Å². The third-order valence-corrected chi connectivity index (χ3v) is 5.35. The molecule has 0 radical (unpaired) electrons. The van der Waals surface area contributed by atoms with Crippen molar-refractivity contribution in [2.24, 2.45) is 0 Å². The molecule has 0 unspecified atom stereocenters. The molecule has 3 heterocycles. The number of pyridine rings is 2. The molecule has 5 rings (SSSR count). The maximum Gasteiger partial charge on any atom is 0.255 e. The molecule has 0 saturated heterocycles. The normalized spacial score (nSPS) is 10.8. The van der Waals surface area contributed by atoms with Crippen LogP contribution in [0.25, 0.3) is 28.2 Å². The number of nitrogens with two attached hydrogens (primary N) is 1. The molecule has 9 nitrogen and oxygen atoms in total.